The van der Waals surface area contributed by atoms with Crippen molar-refractivity contribution >= 4 is 8.56 Å². The summed E-state index contributed by atoms with van der Waals surface area (Å²) in [5.74, 6) is 0.880. The molecule has 3 nitrogen and oxygen atoms in total. The lowest BCUT2D eigenvalue weighted by Crippen LogP contribution is -2.36. The Balaban J connectivity index is 2.14. The summed E-state index contributed by atoms with van der Waals surface area (Å²) >= 11 is 0. The van der Waals surface area contributed by atoms with Crippen molar-refractivity contribution in [1.82, 2.24) is 5.32 Å². The first-order valence-corrected chi connectivity index (χ1v) is 8.53. The molecule has 0 aliphatic carbocycles. The van der Waals surface area contributed by atoms with Crippen molar-refractivity contribution in [3.63, 3.8) is 0 Å². The molecule has 0 bridgehead atoms. The SMILES string of the molecule is CO[Si](C)(CCCC1CCCNC1)OC. The Morgan fingerprint density at radius 1 is 1.33 bits per heavy atom. The van der Waals surface area contributed by atoms with Crippen LogP contribution in [0.1, 0.15) is 25.7 Å². The Morgan fingerprint density at radius 2 is 2.07 bits per heavy atom. The van der Waals surface area contributed by atoms with Gasteiger partial charge >= 0.3 is 8.56 Å². The first-order valence-electron chi connectivity index (χ1n) is 6.01. The first-order chi connectivity index (χ1) is 7.20. The third-order valence-corrected chi connectivity index (χ3v) is 6.49. The predicted octanol–water partition coefficient (Wildman–Crippen LogP) is 2.13. The highest BCUT2D eigenvalue weighted by Gasteiger charge is 2.28. The highest BCUT2D eigenvalue weighted by atomic mass is 28.4. The van der Waals surface area contributed by atoms with Crippen molar-refractivity contribution in [3.05, 3.63) is 0 Å². The van der Waals surface area contributed by atoms with E-state index in [1.807, 2.05) is 0 Å². The van der Waals surface area contributed by atoms with Gasteiger partial charge < -0.3 is 14.2 Å². The molecule has 90 valence electrons. The molecule has 1 rings (SSSR count). The van der Waals surface area contributed by atoms with Crippen molar-refractivity contribution in [1.29, 1.82) is 0 Å². The van der Waals surface area contributed by atoms with Gasteiger partial charge in [0.2, 0.25) is 0 Å². The van der Waals surface area contributed by atoms with Crippen LogP contribution in [-0.4, -0.2) is 35.9 Å². The lowest BCUT2D eigenvalue weighted by molar-refractivity contribution is 0.246. The van der Waals surface area contributed by atoms with E-state index < -0.39 is 8.56 Å². The van der Waals surface area contributed by atoms with E-state index in [2.05, 4.69) is 11.9 Å². The summed E-state index contributed by atoms with van der Waals surface area (Å²) in [5, 5.41) is 3.46. The van der Waals surface area contributed by atoms with Crippen LogP contribution in [0.2, 0.25) is 12.6 Å². The zero-order chi connectivity index (χ0) is 11.1. The highest BCUT2D eigenvalue weighted by molar-refractivity contribution is 6.65. The number of hydrogen-bond donors (Lipinski definition) is 1. The summed E-state index contributed by atoms with van der Waals surface area (Å²) in [6.07, 6.45) is 5.30. The molecule has 0 amide bonds. The Labute approximate surface area is 94.8 Å². The van der Waals surface area contributed by atoms with E-state index in [1.54, 1.807) is 14.2 Å². The van der Waals surface area contributed by atoms with Crippen LogP contribution in [0.5, 0.6) is 0 Å². The first kappa shape index (κ1) is 13.2. The minimum atomic E-state index is -1.80. The zero-order valence-corrected chi connectivity index (χ0v) is 11.3. The standard InChI is InChI=1S/C11H25NO2Si/c1-13-15(3,14-2)9-5-7-11-6-4-8-12-10-11/h11-12H,4-10H2,1-3H3. The molecule has 0 aromatic heterocycles. The summed E-state index contributed by atoms with van der Waals surface area (Å²) in [7, 11) is 1.75. The normalized spacial score (nSPS) is 23.0. The summed E-state index contributed by atoms with van der Waals surface area (Å²) < 4.78 is 11.0. The molecule has 1 aliphatic heterocycles. The van der Waals surface area contributed by atoms with Gasteiger partial charge in [-0.05, 0) is 50.9 Å². The smallest absolute Gasteiger partial charge is 0.334 e. The van der Waals surface area contributed by atoms with E-state index in [4.69, 9.17) is 8.85 Å². The van der Waals surface area contributed by atoms with Gasteiger partial charge in [-0.1, -0.05) is 6.42 Å². The second kappa shape index (κ2) is 6.63. The third kappa shape index (κ3) is 4.63. The molecule has 1 saturated heterocycles. The fourth-order valence-corrected chi connectivity index (χ4v) is 3.59. The molecule has 0 saturated carbocycles. The largest absolute Gasteiger partial charge is 0.398 e. The Kier molecular flexibility index (Phi) is 5.82. The minimum Gasteiger partial charge on any atom is -0.398 e. The second-order valence-electron chi connectivity index (χ2n) is 4.65. The molecule has 1 N–H and O–H groups in total. The van der Waals surface area contributed by atoms with Crippen LogP contribution in [0, 0.1) is 5.92 Å². The van der Waals surface area contributed by atoms with Crippen molar-refractivity contribution < 1.29 is 8.85 Å². The van der Waals surface area contributed by atoms with Crippen LogP contribution in [0.3, 0.4) is 0 Å². The van der Waals surface area contributed by atoms with Gasteiger partial charge in [0.15, 0.2) is 0 Å². The van der Waals surface area contributed by atoms with Gasteiger partial charge in [-0.2, -0.15) is 0 Å². The molecule has 15 heavy (non-hydrogen) atoms. The van der Waals surface area contributed by atoms with Crippen LogP contribution in [0.4, 0.5) is 0 Å². The van der Waals surface area contributed by atoms with Gasteiger partial charge in [0.1, 0.15) is 0 Å². The zero-order valence-electron chi connectivity index (χ0n) is 10.3. The summed E-state index contributed by atoms with van der Waals surface area (Å²) in [6.45, 7) is 4.56. The van der Waals surface area contributed by atoms with Crippen LogP contribution in [0.25, 0.3) is 0 Å². The van der Waals surface area contributed by atoms with E-state index in [0.717, 1.165) is 12.0 Å². The average molecular weight is 231 g/mol. The number of rotatable bonds is 6. The van der Waals surface area contributed by atoms with Crippen LogP contribution in [0.15, 0.2) is 0 Å². The highest BCUT2D eigenvalue weighted by Crippen LogP contribution is 2.21. The Morgan fingerprint density at radius 3 is 2.60 bits per heavy atom. The number of hydrogen-bond acceptors (Lipinski definition) is 3. The third-order valence-electron chi connectivity index (χ3n) is 3.51. The fourth-order valence-electron chi connectivity index (χ4n) is 2.17. The maximum atomic E-state index is 5.48. The van der Waals surface area contributed by atoms with Gasteiger partial charge in [-0.25, -0.2) is 0 Å². The van der Waals surface area contributed by atoms with Gasteiger partial charge in [0, 0.05) is 14.2 Å². The molecule has 0 radical (unpaired) electrons. The van der Waals surface area contributed by atoms with Crippen LogP contribution < -0.4 is 5.32 Å². The summed E-state index contributed by atoms with van der Waals surface area (Å²) in [4.78, 5) is 0. The molecule has 0 aromatic carbocycles. The van der Waals surface area contributed by atoms with E-state index >= 15 is 0 Å². The Bertz CT molecular complexity index is 168. The molecule has 1 aliphatic rings. The van der Waals surface area contributed by atoms with E-state index in [9.17, 15) is 0 Å². The maximum Gasteiger partial charge on any atom is 0.334 e. The van der Waals surface area contributed by atoms with Crippen molar-refractivity contribution in [2.45, 2.75) is 38.3 Å². The monoisotopic (exact) mass is 231 g/mol. The topological polar surface area (TPSA) is 30.5 Å². The van der Waals surface area contributed by atoms with Crippen molar-refractivity contribution in [2.24, 2.45) is 5.92 Å². The van der Waals surface area contributed by atoms with Crippen LogP contribution in [-0.2, 0) is 8.85 Å². The molecule has 0 aromatic rings. The average Bonchev–Trinajstić information content (AvgIpc) is 2.30. The summed E-state index contributed by atoms with van der Waals surface area (Å²) in [5.41, 5.74) is 0. The molecule has 1 unspecified atom stereocenters. The predicted molar refractivity (Wildman–Crippen MR) is 65.3 cm³/mol. The molecule has 1 fully saturated rings. The lowest BCUT2D eigenvalue weighted by Gasteiger charge is -2.26. The Hall–Kier alpha value is 0.0969. The van der Waals surface area contributed by atoms with Gasteiger partial charge in [0.05, 0.1) is 0 Å². The van der Waals surface area contributed by atoms with E-state index in [1.165, 1.54) is 38.8 Å². The fraction of sp³-hybridized carbons (Fsp3) is 1.00. The molecular formula is C11H25NO2Si. The molecule has 4 heteroatoms. The quantitative estimate of drug-likeness (QED) is 0.710. The number of nitrogens with one attached hydrogen (secondary N) is 1. The second-order valence-corrected chi connectivity index (χ2v) is 8.23. The van der Waals surface area contributed by atoms with Gasteiger partial charge in [-0.15, -0.1) is 0 Å². The lowest BCUT2D eigenvalue weighted by atomic mass is 9.95. The number of piperidine rings is 1. The minimum absolute atomic E-state index is 0.880. The maximum absolute atomic E-state index is 5.48. The van der Waals surface area contributed by atoms with Crippen molar-refractivity contribution in [2.75, 3.05) is 27.3 Å². The van der Waals surface area contributed by atoms with Gasteiger partial charge in [0.25, 0.3) is 0 Å². The summed E-state index contributed by atoms with van der Waals surface area (Å²) in [6, 6.07) is 1.12. The van der Waals surface area contributed by atoms with Crippen LogP contribution >= 0.6 is 0 Å². The van der Waals surface area contributed by atoms with E-state index in [-0.39, 0.29) is 0 Å². The van der Waals surface area contributed by atoms with Gasteiger partial charge in [-0.3, -0.25) is 0 Å². The molecule has 1 heterocycles. The molecule has 1 atom stereocenters. The van der Waals surface area contributed by atoms with Crippen molar-refractivity contribution in [3.8, 4) is 0 Å². The van der Waals surface area contributed by atoms with E-state index in [0.29, 0.717) is 0 Å². The molecule has 0 spiro atoms. The molecular weight excluding hydrogens is 206 g/mol.